The molecule has 0 atom stereocenters. The number of nitrogens with zero attached hydrogens (tertiary/aromatic N) is 5. The number of hydrogen-bond donors (Lipinski definition) is 1. The number of thiazole rings is 1. The molecule has 1 N–H and O–H groups in total. The molecule has 7 nitrogen and oxygen atoms in total. The van der Waals surface area contributed by atoms with Crippen LogP contribution in [0.4, 0.5) is 0 Å². The summed E-state index contributed by atoms with van der Waals surface area (Å²) in [6, 6.07) is 29.1. The lowest BCUT2D eigenvalue weighted by atomic mass is 9.98. The molecule has 0 saturated carbocycles. The summed E-state index contributed by atoms with van der Waals surface area (Å²) in [7, 11) is 0. The van der Waals surface area contributed by atoms with Crippen molar-refractivity contribution >= 4 is 40.6 Å². The van der Waals surface area contributed by atoms with E-state index in [4.69, 9.17) is 11.6 Å². The lowest BCUT2D eigenvalue weighted by molar-refractivity contribution is 0.0938. The van der Waals surface area contributed by atoms with E-state index in [0.717, 1.165) is 32.9 Å². The van der Waals surface area contributed by atoms with Gasteiger partial charge >= 0.3 is 0 Å². The van der Waals surface area contributed by atoms with Crippen LogP contribution in [0.25, 0.3) is 17.1 Å². The summed E-state index contributed by atoms with van der Waals surface area (Å²) in [5.74, 6) is 0.962. The maximum Gasteiger partial charge on any atom is 0.271 e. The molecule has 0 aliphatic rings. The Morgan fingerprint density at radius 3 is 2.40 bits per heavy atom. The minimum Gasteiger partial charge on any atom is -0.340 e. The molecule has 0 unspecified atom stereocenters. The molecule has 1 amide bonds. The number of aromatic nitrogens is 5. The predicted octanol–water partition coefficient (Wildman–Crippen LogP) is 7.56. The van der Waals surface area contributed by atoms with Crippen LogP contribution in [0, 0.1) is 6.92 Å². The minimum absolute atomic E-state index is 0.225. The Morgan fingerprint density at radius 2 is 1.71 bits per heavy atom. The summed E-state index contributed by atoms with van der Waals surface area (Å²) in [6.07, 6.45) is 3.49. The number of halogens is 1. The van der Waals surface area contributed by atoms with Crippen molar-refractivity contribution < 1.29 is 4.79 Å². The Hall–Kier alpha value is -4.31. The summed E-state index contributed by atoms with van der Waals surface area (Å²) >= 11 is 9.33. The van der Waals surface area contributed by atoms with Gasteiger partial charge in [-0.2, -0.15) is 0 Å². The van der Waals surface area contributed by atoms with E-state index in [1.165, 1.54) is 23.1 Å². The second-order valence-corrected chi connectivity index (χ2v) is 11.8. The van der Waals surface area contributed by atoms with Gasteiger partial charge in [0.15, 0.2) is 11.0 Å². The van der Waals surface area contributed by atoms with Crippen LogP contribution in [0.3, 0.4) is 0 Å². The zero-order chi connectivity index (χ0) is 28.9. The highest BCUT2D eigenvalue weighted by molar-refractivity contribution is 7.98. The molecular weight excluding hydrogens is 584 g/mol. The van der Waals surface area contributed by atoms with E-state index in [1.807, 2.05) is 102 Å². The van der Waals surface area contributed by atoms with E-state index in [1.54, 1.807) is 17.8 Å². The van der Waals surface area contributed by atoms with Gasteiger partial charge < -0.3 is 5.32 Å². The monoisotopic (exact) mass is 608 g/mol. The highest BCUT2D eigenvalue weighted by Crippen LogP contribution is 2.32. The van der Waals surface area contributed by atoms with Crippen molar-refractivity contribution in [3.05, 3.63) is 141 Å². The summed E-state index contributed by atoms with van der Waals surface area (Å²) < 4.78 is 1.99. The van der Waals surface area contributed by atoms with Crippen molar-refractivity contribution in [3.8, 4) is 17.1 Å². The average molecular weight is 609 g/mol. The van der Waals surface area contributed by atoms with Crippen molar-refractivity contribution in [2.24, 2.45) is 0 Å². The first-order valence-electron chi connectivity index (χ1n) is 13.2. The molecule has 0 spiro atoms. The molecule has 3 heterocycles. The Kier molecular flexibility index (Phi) is 8.41. The molecule has 0 radical (unpaired) electrons. The van der Waals surface area contributed by atoms with Gasteiger partial charge in [0.05, 0.1) is 17.5 Å². The fourth-order valence-corrected chi connectivity index (χ4v) is 6.45. The Morgan fingerprint density at radius 1 is 0.976 bits per heavy atom. The summed E-state index contributed by atoms with van der Waals surface area (Å²) in [5.41, 5.74) is 5.16. The van der Waals surface area contributed by atoms with Crippen molar-refractivity contribution in [2.75, 3.05) is 0 Å². The van der Waals surface area contributed by atoms with Gasteiger partial charge in [0.1, 0.15) is 10.7 Å². The van der Waals surface area contributed by atoms with Crippen LogP contribution in [-0.4, -0.2) is 30.6 Å². The smallest absolute Gasteiger partial charge is 0.271 e. The van der Waals surface area contributed by atoms with E-state index in [0.29, 0.717) is 27.5 Å². The molecule has 0 fully saturated rings. The molecule has 10 heteroatoms. The fourth-order valence-electron chi connectivity index (χ4n) is 4.55. The maximum absolute atomic E-state index is 13.3. The Balaban J connectivity index is 1.23. The van der Waals surface area contributed by atoms with Crippen molar-refractivity contribution in [3.63, 3.8) is 0 Å². The number of rotatable bonds is 9. The molecule has 0 bridgehead atoms. The van der Waals surface area contributed by atoms with Gasteiger partial charge in [-0.05, 0) is 47.9 Å². The van der Waals surface area contributed by atoms with Gasteiger partial charge in [-0.15, -0.1) is 21.5 Å². The standard InChI is InChI=1S/C32H25ClN6OS2/c1-21-14-15-25(33)17-27(21)39-30(24-13-8-16-34-18-24)37-38-32(39)42-20-28-35-26(19-41-28)31(40)36-29(22-9-4-2-5-10-22)23-11-6-3-7-12-23/h2-19,29H,20H2,1H3,(H,36,40). The zero-order valence-corrected chi connectivity index (χ0v) is 24.9. The van der Waals surface area contributed by atoms with Crippen molar-refractivity contribution in [1.82, 2.24) is 30.0 Å². The fraction of sp³-hybridized carbons (Fsp3) is 0.0938. The lowest BCUT2D eigenvalue weighted by Gasteiger charge is -2.19. The van der Waals surface area contributed by atoms with Crippen LogP contribution >= 0.6 is 34.7 Å². The second kappa shape index (κ2) is 12.7. The number of aryl methyl sites for hydroxylation is 1. The molecule has 3 aromatic carbocycles. The van der Waals surface area contributed by atoms with Gasteiger partial charge in [-0.25, -0.2) is 4.98 Å². The number of carbonyl (C=O) groups is 1. The number of pyridine rings is 1. The number of carbonyl (C=O) groups excluding carboxylic acids is 1. The first kappa shape index (κ1) is 27.8. The Labute approximate surface area is 256 Å². The normalized spacial score (nSPS) is 11.1. The van der Waals surface area contributed by atoms with Gasteiger partial charge in [0.2, 0.25) is 0 Å². The van der Waals surface area contributed by atoms with Crippen LogP contribution in [0.15, 0.2) is 114 Å². The zero-order valence-electron chi connectivity index (χ0n) is 22.5. The van der Waals surface area contributed by atoms with E-state index in [2.05, 4.69) is 25.5 Å². The van der Waals surface area contributed by atoms with E-state index in [-0.39, 0.29) is 11.9 Å². The third kappa shape index (κ3) is 6.13. The highest BCUT2D eigenvalue weighted by atomic mass is 35.5. The molecule has 208 valence electrons. The van der Waals surface area contributed by atoms with Crippen molar-refractivity contribution in [1.29, 1.82) is 0 Å². The van der Waals surface area contributed by atoms with Crippen LogP contribution in [0.2, 0.25) is 5.02 Å². The Bertz CT molecular complexity index is 1770. The molecule has 3 aromatic heterocycles. The largest absolute Gasteiger partial charge is 0.340 e. The van der Waals surface area contributed by atoms with Crippen LogP contribution in [-0.2, 0) is 5.75 Å². The molecule has 6 rings (SSSR count). The van der Waals surface area contributed by atoms with Gasteiger partial charge in [0, 0.05) is 28.4 Å². The minimum atomic E-state index is -0.287. The third-order valence-electron chi connectivity index (χ3n) is 6.62. The summed E-state index contributed by atoms with van der Waals surface area (Å²) in [6.45, 7) is 2.02. The number of thioether (sulfide) groups is 1. The molecule has 42 heavy (non-hydrogen) atoms. The SMILES string of the molecule is Cc1ccc(Cl)cc1-n1c(SCc2nc(C(=O)NC(c3ccccc3)c3ccccc3)cs2)nnc1-c1cccnc1. The second-order valence-electron chi connectivity index (χ2n) is 9.46. The number of amides is 1. The molecular formula is C32H25ClN6OS2. The molecule has 0 saturated heterocycles. The first-order valence-corrected chi connectivity index (χ1v) is 15.4. The van der Waals surface area contributed by atoms with Gasteiger partial charge in [0.25, 0.3) is 5.91 Å². The molecule has 6 aromatic rings. The van der Waals surface area contributed by atoms with Gasteiger partial charge in [-0.1, -0.05) is 90.1 Å². The molecule has 0 aliphatic heterocycles. The summed E-state index contributed by atoms with van der Waals surface area (Å²) in [4.78, 5) is 22.3. The third-order valence-corrected chi connectivity index (χ3v) is 8.82. The average Bonchev–Trinajstić information content (AvgIpc) is 3.69. The summed E-state index contributed by atoms with van der Waals surface area (Å²) in [5, 5.41) is 16.1. The quantitative estimate of drug-likeness (QED) is 0.171. The highest BCUT2D eigenvalue weighted by Gasteiger charge is 2.21. The maximum atomic E-state index is 13.3. The predicted molar refractivity (Wildman–Crippen MR) is 168 cm³/mol. The lowest BCUT2D eigenvalue weighted by Crippen LogP contribution is -2.29. The van der Waals surface area contributed by atoms with Crippen LogP contribution in [0.5, 0.6) is 0 Å². The first-order chi connectivity index (χ1) is 20.6. The van der Waals surface area contributed by atoms with Crippen molar-refractivity contribution in [2.45, 2.75) is 23.9 Å². The number of nitrogens with one attached hydrogen (secondary N) is 1. The number of hydrogen-bond acceptors (Lipinski definition) is 7. The van der Waals surface area contributed by atoms with E-state index >= 15 is 0 Å². The number of benzene rings is 3. The van der Waals surface area contributed by atoms with Crippen LogP contribution < -0.4 is 5.32 Å². The molecule has 0 aliphatic carbocycles. The topological polar surface area (TPSA) is 85.6 Å². The van der Waals surface area contributed by atoms with Gasteiger partial charge in [-0.3, -0.25) is 14.3 Å². The van der Waals surface area contributed by atoms with E-state index < -0.39 is 0 Å². The van der Waals surface area contributed by atoms with E-state index in [9.17, 15) is 4.79 Å². The van der Waals surface area contributed by atoms with Crippen LogP contribution in [0.1, 0.15) is 38.2 Å².